The Morgan fingerprint density at radius 2 is 1.85 bits per heavy atom. The fraction of sp³-hybridized carbons (Fsp3) is 0.459. The number of aromatic hydroxyl groups is 1. The lowest BCUT2D eigenvalue weighted by Crippen LogP contribution is -2.68. The van der Waals surface area contributed by atoms with E-state index in [2.05, 4.69) is 34.3 Å². The number of piperazine rings is 1. The van der Waals surface area contributed by atoms with Gasteiger partial charge in [0.25, 0.3) is 0 Å². The van der Waals surface area contributed by atoms with Gasteiger partial charge in [0.15, 0.2) is 29.8 Å². The minimum absolute atomic E-state index is 0.0357. The van der Waals surface area contributed by atoms with Crippen LogP contribution in [0.1, 0.15) is 57.4 Å². The molecule has 0 aliphatic carbocycles. The van der Waals surface area contributed by atoms with Gasteiger partial charge in [-0.3, -0.25) is 14.6 Å². The van der Waals surface area contributed by atoms with Crippen molar-refractivity contribution in [3.05, 3.63) is 75.3 Å². The van der Waals surface area contributed by atoms with Crippen LogP contribution in [0.2, 0.25) is 0 Å². The van der Waals surface area contributed by atoms with Crippen molar-refractivity contribution >= 4 is 5.91 Å². The molecule has 0 spiro atoms. The van der Waals surface area contributed by atoms with Crippen LogP contribution in [0.25, 0.3) is 0 Å². The van der Waals surface area contributed by atoms with E-state index < -0.39 is 12.1 Å². The van der Waals surface area contributed by atoms with Gasteiger partial charge in [0.2, 0.25) is 12.7 Å². The van der Waals surface area contributed by atoms with Crippen molar-refractivity contribution in [2.75, 3.05) is 41.4 Å². The number of phenolic OH excluding ortho intramolecular Hbond substituents is 1. The number of aryl methyl sites for hydroxylation is 2. The van der Waals surface area contributed by atoms with Crippen molar-refractivity contribution in [3.8, 4) is 34.8 Å². The van der Waals surface area contributed by atoms with Crippen LogP contribution < -0.4 is 24.3 Å². The molecule has 0 aromatic heterocycles. The molecule has 0 radical (unpaired) electrons. The summed E-state index contributed by atoms with van der Waals surface area (Å²) >= 11 is 0. The second-order valence-electron chi connectivity index (χ2n) is 13.1. The number of carbonyl (C=O) groups is 1. The molecule has 1 saturated heterocycles. The maximum absolute atomic E-state index is 13.3. The first-order chi connectivity index (χ1) is 23.3. The minimum Gasteiger partial charge on any atom is -0.507 e. The average molecular weight is 655 g/mol. The van der Waals surface area contributed by atoms with E-state index in [0.717, 1.165) is 33.4 Å². The summed E-state index contributed by atoms with van der Waals surface area (Å²) in [6, 6.07) is 13.1. The van der Waals surface area contributed by atoms with E-state index >= 15 is 0 Å². The molecule has 2 N–H and O–H groups in total. The molecule has 4 aliphatic rings. The minimum atomic E-state index is -0.518. The molecule has 11 heteroatoms. The molecule has 4 heterocycles. The molecule has 0 saturated carbocycles. The standard InChI is InChI=1S/C37H42N4O7/c1-20-13-23-14-25-27(16-38)41-26(32(40(25)3)30(23)36(34(20)45-5)46-18-44-4)15-24-31(37-35(47-19-48-37)21(2)33(24)43)28(41)17-39-29(42)12-11-22-9-7-6-8-10-22/h6-10,13,25-28,32,43H,11-12,14-15,17-19H2,1-5H3,(H,39,42)/t25-,26?,27+,28+,32-/m1/s1. The molecule has 252 valence electrons. The van der Waals surface area contributed by atoms with Crippen molar-refractivity contribution in [1.29, 1.82) is 5.26 Å². The van der Waals surface area contributed by atoms with Crippen LogP contribution in [-0.2, 0) is 28.8 Å². The van der Waals surface area contributed by atoms with Gasteiger partial charge in [-0.25, -0.2) is 0 Å². The first-order valence-electron chi connectivity index (χ1n) is 16.4. The number of nitriles is 1. The third-order valence-electron chi connectivity index (χ3n) is 10.6. The zero-order valence-corrected chi connectivity index (χ0v) is 28.0. The van der Waals surface area contributed by atoms with Crippen molar-refractivity contribution in [1.82, 2.24) is 15.1 Å². The summed E-state index contributed by atoms with van der Waals surface area (Å²) in [6.07, 6.45) is 2.01. The number of ether oxygens (including phenoxy) is 5. The zero-order valence-electron chi connectivity index (χ0n) is 28.0. The Kier molecular flexibility index (Phi) is 8.58. The molecule has 2 bridgehead atoms. The number of amides is 1. The molecular weight excluding hydrogens is 612 g/mol. The largest absolute Gasteiger partial charge is 0.507 e. The molecule has 1 unspecified atom stereocenters. The van der Waals surface area contributed by atoms with E-state index in [1.165, 1.54) is 0 Å². The number of nitrogens with zero attached hydrogens (tertiary/aromatic N) is 3. The van der Waals surface area contributed by atoms with Crippen LogP contribution in [0.15, 0.2) is 36.4 Å². The average Bonchev–Trinajstić information content (AvgIpc) is 3.58. The summed E-state index contributed by atoms with van der Waals surface area (Å²) in [5, 5.41) is 25.8. The molecule has 7 rings (SSSR count). The third kappa shape index (κ3) is 5.10. The molecule has 3 aromatic carbocycles. The molecular formula is C37H42N4O7. The third-order valence-corrected chi connectivity index (χ3v) is 10.6. The van der Waals surface area contributed by atoms with Crippen molar-refractivity contribution < 1.29 is 33.6 Å². The van der Waals surface area contributed by atoms with Gasteiger partial charge in [-0.2, -0.15) is 5.26 Å². The highest BCUT2D eigenvalue weighted by Gasteiger charge is 2.56. The van der Waals surface area contributed by atoms with Crippen LogP contribution in [-0.4, -0.2) is 80.3 Å². The summed E-state index contributed by atoms with van der Waals surface area (Å²) in [5.74, 6) is 2.42. The quantitative estimate of drug-likeness (QED) is 0.324. The Hall–Kier alpha value is -4.50. The molecule has 11 nitrogen and oxygen atoms in total. The number of fused-ring (bicyclic) bond motifs is 9. The Bertz CT molecular complexity index is 1770. The van der Waals surface area contributed by atoms with Gasteiger partial charge in [0.05, 0.1) is 25.3 Å². The second-order valence-corrected chi connectivity index (χ2v) is 13.1. The smallest absolute Gasteiger partial charge is 0.231 e. The van der Waals surface area contributed by atoms with Crippen molar-refractivity contribution in [3.63, 3.8) is 0 Å². The van der Waals surface area contributed by atoms with E-state index in [9.17, 15) is 15.2 Å². The monoisotopic (exact) mass is 654 g/mol. The summed E-state index contributed by atoms with van der Waals surface area (Å²) in [4.78, 5) is 17.9. The van der Waals surface area contributed by atoms with Gasteiger partial charge in [-0.1, -0.05) is 36.4 Å². The van der Waals surface area contributed by atoms with Gasteiger partial charge in [-0.05, 0) is 56.8 Å². The molecule has 48 heavy (non-hydrogen) atoms. The van der Waals surface area contributed by atoms with Crippen LogP contribution in [0.3, 0.4) is 0 Å². The number of methoxy groups -OCH3 is 2. The van der Waals surface area contributed by atoms with Crippen LogP contribution in [0.5, 0.6) is 28.7 Å². The number of carbonyl (C=O) groups excluding carboxylic acids is 1. The van der Waals surface area contributed by atoms with E-state index in [1.807, 2.05) is 44.2 Å². The van der Waals surface area contributed by atoms with Crippen molar-refractivity contribution in [2.24, 2.45) is 0 Å². The SMILES string of the molecule is COCOc1c(OC)c(C)cc2c1[C@H]1C3Cc4c(O)c(C)c5c(c4[C@H](CNC(=O)CCc4ccccc4)N3[C@@H](C#N)[C@@H](C2)N1C)OCO5. The number of phenols is 1. The summed E-state index contributed by atoms with van der Waals surface area (Å²) in [6.45, 7) is 4.14. The molecule has 1 amide bonds. The summed E-state index contributed by atoms with van der Waals surface area (Å²) < 4.78 is 29.4. The van der Waals surface area contributed by atoms with Gasteiger partial charge < -0.3 is 34.1 Å². The Labute approximate surface area is 280 Å². The predicted octanol–water partition coefficient (Wildman–Crippen LogP) is 4.25. The maximum Gasteiger partial charge on any atom is 0.231 e. The maximum atomic E-state index is 13.3. The number of nitrogens with one attached hydrogen (secondary N) is 1. The van der Waals surface area contributed by atoms with Gasteiger partial charge in [0, 0.05) is 54.4 Å². The van der Waals surface area contributed by atoms with Crippen LogP contribution in [0, 0.1) is 25.2 Å². The molecule has 4 aliphatic heterocycles. The Morgan fingerprint density at radius 3 is 2.58 bits per heavy atom. The predicted molar refractivity (Wildman–Crippen MR) is 176 cm³/mol. The lowest BCUT2D eigenvalue weighted by molar-refractivity contribution is -0.122. The van der Waals surface area contributed by atoms with E-state index in [1.54, 1.807) is 14.2 Å². The van der Waals surface area contributed by atoms with Crippen LogP contribution >= 0.6 is 0 Å². The van der Waals surface area contributed by atoms with Gasteiger partial charge >= 0.3 is 0 Å². The first-order valence-corrected chi connectivity index (χ1v) is 16.4. The van der Waals surface area contributed by atoms with Crippen molar-refractivity contribution in [2.45, 2.75) is 69.7 Å². The lowest BCUT2D eigenvalue weighted by Gasteiger charge is -2.60. The number of rotatable bonds is 9. The highest BCUT2D eigenvalue weighted by atomic mass is 16.7. The molecule has 3 aromatic rings. The van der Waals surface area contributed by atoms with Gasteiger partial charge in [0.1, 0.15) is 11.8 Å². The Morgan fingerprint density at radius 1 is 1.08 bits per heavy atom. The number of benzene rings is 3. The topological polar surface area (TPSA) is 126 Å². The van der Waals surface area contributed by atoms with E-state index in [0.29, 0.717) is 54.2 Å². The number of hydrogen-bond donors (Lipinski definition) is 2. The normalized spacial score (nSPS) is 23.8. The molecule has 5 atom stereocenters. The first kappa shape index (κ1) is 32.1. The van der Waals surface area contributed by atoms with Gasteiger partial charge in [-0.15, -0.1) is 0 Å². The fourth-order valence-corrected chi connectivity index (χ4v) is 8.48. The van der Waals surface area contributed by atoms with Crippen LogP contribution in [0.4, 0.5) is 0 Å². The van der Waals surface area contributed by atoms with E-state index in [4.69, 9.17) is 23.7 Å². The number of likely N-dealkylation sites (N-methyl/N-ethyl adjacent to an activating group) is 1. The summed E-state index contributed by atoms with van der Waals surface area (Å²) in [5.41, 5.74) is 6.26. The number of hydrogen-bond acceptors (Lipinski definition) is 10. The van der Waals surface area contributed by atoms with E-state index in [-0.39, 0.29) is 49.9 Å². The fourth-order valence-electron chi connectivity index (χ4n) is 8.48. The highest BCUT2D eigenvalue weighted by molar-refractivity contribution is 5.76. The second kappa shape index (κ2) is 12.8. The lowest BCUT2D eigenvalue weighted by atomic mass is 9.71. The zero-order chi connectivity index (χ0) is 33.7. The summed E-state index contributed by atoms with van der Waals surface area (Å²) in [7, 11) is 5.29. The molecule has 1 fully saturated rings. The highest BCUT2D eigenvalue weighted by Crippen LogP contribution is 2.58. The Balaban J connectivity index is 1.34.